The Morgan fingerprint density at radius 3 is 2.41 bits per heavy atom. The van der Waals surface area contributed by atoms with Crippen molar-refractivity contribution in [1.82, 2.24) is 5.32 Å². The van der Waals surface area contributed by atoms with Gasteiger partial charge in [-0.15, -0.1) is 0 Å². The minimum atomic E-state index is -0.146. The zero-order chi connectivity index (χ0) is 13.1. The highest BCUT2D eigenvalue weighted by Crippen LogP contribution is 2.29. The van der Waals surface area contributed by atoms with Gasteiger partial charge in [0.25, 0.3) is 0 Å². The van der Waals surface area contributed by atoms with E-state index in [1.54, 1.807) is 12.1 Å². The molecule has 1 nitrogen and oxygen atoms in total. The van der Waals surface area contributed by atoms with Crippen molar-refractivity contribution in [3.8, 4) is 0 Å². The summed E-state index contributed by atoms with van der Waals surface area (Å²) in [7, 11) is 1.98. The van der Waals surface area contributed by atoms with Crippen LogP contribution in [0.3, 0.4) is 0 Å². The molecule has 0 aliphatic carbocycles. The predicted octanol–water partition coefficient (Wildman–Crippen LogP) is 3.56. The SMILES string of the molecule is CNCC(Cc1ccc(F)cc1C)C(C)(C)C. The van der Waals surface area contributed by atoms with Gasteiger partial charge in [-0.1, -0.05) is 26.8 Å². The number of rotatable bonds is 4. The molecule has 0 fully saturated rings. The number of aryl methyl sites for hydroxylation is 1. The topological polar surface area (TPSA) is 12.0 Å². The van der Waals surface area contributed by atoms with E-state index in [1.165, 1.54) is 5.56 Å². The molecule has 2 heteroatoms. The summed E-state index contributed by atoms with van der Waals surface area (Å²) < 4.78 is 13.1. The van der Waals surface area contributed by atoms with E-state index in [0.717, 1.165) is 18.5 Å². The van der Waals surface area contributed by atoms with E-state index in [1.807, 2.05) is 20.0 Å². The van der Waals surface area contributed by atoms with Crippen LogP contribution in [0, 0.1) is 24.1 Å². The van der Waals surface area contributed by atoms with Crippen LogP contribution in [0.2, 0.25) is 0 Å². The molecule has 1 rings (SSSR count). The van der Waals surface area contributed by atoms with Gasteiger partial charge in [-0.2, -0.15) is 0 Å². The molecule has 0 heterocycles. The Bertz CT molecular complexity index is 366. The fraction of sp³-hybridized carbons (Fsp3) is 0.600. The third kappa shape index (κ3) is 4.12. The van der Waals surface area contributed by atoms with Crippen molar-refractivity contribution < 1.29 is 4.39 Å². The molecule has 1 atom stereocenters. The minimum Gasteiger partial charge on any atom is -0.319 e. The Morgan fingerprint density at radius 1 is 1.29 bits per heavy atom. The van der Waals surface area contributed by atoms with Crippen LogP contribution in [-0.2, 0) is 6.42 Å². The van der Waals surface area contributed by atoms with E-state index in [0.29, 0.717) is 5.92 Å². The third-order valence-corrected chi connectivity index (χ3v) is 3.45. The highest BCUT2D eigenvalue weighted by molar-refractivity contribution is 5.27. The van der Waals surface area contributed by atoms with E-state index in [4.69, 9.17) is 0 Å². The third-order valence-electron chi connectivity index (χ3n) is 3.45. The Morgan fingerprint density at radius 2 is 1.94 bits per heavy atom. The van der Waals surface area contributed by atoms with E-state index in [2.05, 4.69) is 26.1 Å². The summed E-state index contributed by atoms with van der Waals surface area (Å²) in [4.78, 5) is 0. The predicted molar refractivity (Wildman–Crippen MR) is 71.7 cm³/mol. The smallest absolute Gasteiger partial charge is 0.123 e. The van der Waals surface area contributed by atoms with Gasteiger partial charge in [0.05, 0.1) is 0 Å². The zero-order valence-electron chi connectivity index (χ0n) is 11.6. The zero-order valence-corrected chi connectivity index (χ0v) is 11.6. The highest BCUT2D eigenvalue weighted by atomic mass is 19.1. The van der Waals surface area contributed by atoms with Gasteiger partial charge in [-0.05, 0) is 61.5 Å². The molecule has 0 radical (unpaired) electrons. The van der Waals surface area contributed by atoms with Gasteiger partial charge in [-0.3, -0.25) is 0 Å². The van der Waals surface area contributed by atoms with Gasteiger partial charge in [0, 0.05) is 0 Å². The lowest BCUT2D eigenvalue weighted by Gasteiger charge is -2.31. The van der Waals surface area contributed by atoms with Crippen LogP contribution in [0.25, 0.3) is 0 Å². The molecule has 0 aliphatic rings. The molecule has 0 amide bonds. The first kappa shape index (κ1) is 14.2. The second kappa shape index (κ2) is 5.63. The largest absolute Gasteiger partial charge is 0.319 e. The van der Waals surface area contributed by atoms with E-state index in [-0.39, 0.29) is 11.2 Å². The maximum Gasteiger partial charge on any atom is 0.123 e. The van der Waals surface area contributed by atoms with Gasteiger partial charge < -0.3 is 5.32 Å². The number of nitrogens with one attached hydrogen (secondary N) is 1. The lowest BCUT2D eigenvalue weighted by atomic mass is 9.76. The Kier molecular flexibility index (Phi) is 4.70. The van der Waals surface area contributed by atoms with Crippen molar-refractivity contribution in [2.24, 2.45) is 11.3 Å². The van der Waals surface area contributed by atoms with Crippen LogP contribution in [-0.4, -0.2) is 13.6 Å². The first-order chi connectivity index (χ1) is 7.84. The van der Waals surface area contributed by atoms with Crippen LogP contribution in [0.15, 0.2) is 18.2 Å². The fourth-order valence-corrected chi connectivity index (χ4v) is 2.08. The van der Waals surface area contributed by atoms with Gasteiger partial charge in [0.2, 0.25) is 0 Å². The molecule has 0 aliphatic heterocycles. The number of hydrogen-bond donors (Lipinski definition) is 1. The van der Waals surface area contributed by atoms with Crippen molar-refractivity contribution >= 4 is 0 Å². The van der Waals surface area contributed by atoms with Crippen molar-refractivity contribution in [2.75, 3.05) is 13.6 Å². The summed E-state index contributed by atoms with van der Waals surface area (Å²) in [5.74, 6) is 0.406. The average Bonchev–Trinajstić information content (AvgIpc) is 2.19. The summed E-state index contributed by atoms with van der Waals surface area (Å²) in [6.07, 6.45) is 0.996. The summed E-state index contributed by atoms with van der Waals surface area (Å²) >= 11 is 0. The van der Waals surface area contributed by atoms with E-state index < -0.39 is 0 Å². The maximum atomic E-state index is 13.1. The molecule has 0 spiro atoms. The van der Waals surface area contributed by atoms with Crippen LogP contribution in [0.4, 0.5) is 4.39 Å². The van der Waals surface area contributed by atoms with Crippen molar-refractivity contribution in [3.63, 3.8) is 0 Å². The molecule has 1 unspecified atom stereocenters. The first-order valence-electron chi connectivity index (χ1n) is 6.24. The molecule has 0 aromatic heterocycles. The quantitative estimate of drug-likeness (QED) is 0.844. The van der Waals surface area contributed by atoms with Crippen molar-refractivity contribution in [3.05, 3.63) is 35.1 Å². The molecule has 17 heavy (non-hydrogen) atoms. The Balaban J connectivity index is 2.86. The summed E-state index contributed by atoms with van der Waals surface area (Å²) in [6.45, 7) is 9.74. The highest BCUT2D eigenvalue weighted by Gasteiger charge is 2.24. The fourth-order valence-electron chi connectivity index (χ4n) is 2.08. The molecular weight excluding hydrogens is 213 g/mol. The van der Waals surface area contributed by atoms with Crippen molar-refractivity contribution in [2.45, 2.75) is 34.1 Å². The monoisotopic (exact) mass is 237 g/mol. The van der Waals surface area contributed by atoms with Gasteiger partial charge >= 0.3 is 0 Å². The molecular formula is C15H24FN. The maximum absolute atomic E-state index is 13.1. The number of benzene rings is 1. The molecule has 0 saturated heterocycles. The van der Waals surface area contributed by atoms with E-state index >= 15 is 0 Å². The molecule has 0 bridgehead atoms. The molecule has 96 valence electrons. The van der Waals surface area contributed by atoms with Gasteiger partial charge in [-0.25, -0.2) is 4.39 Å². The Hall–Kier alpha value is -0.890. The van der Waals surface area contributed by atoms with E-state index in [9.17, 15) is 4.39 Å². The summed E-state index contributed by atoms with van der Waals surface area (Å²) in [6, 6.07) is 5.09. The minimum absolute atomic E-state index is 0.146. The molecule has 1 N–H and O–H groups in total. The second-order valence-corrected chi connectivity index (χ2v) is 5.90. The van der Waals surface area contributed by atoms with Crippen LogP contribution >= 0.6 is 0 Å². The van der Waals surface area contributed by atoms with Gasteiger partial charge in [0.15, 0.2) is 0 Å². The standard InChI is InChI=1S/C15H24FN/c1-11-8-14(16)7-6-12(11)9-13(10-17-5)15(2,3)4/h6-8,13,17H,9-10H2,1-5H3. The molecule has 1 aromatic rings. The summed E-state index contributed by atoms with van der Waals surface area (Å²) in [5.41, 5.74) is 2.56. The van der Waals surface area contributed by atoms with Crippen molar-refractivity contribution in [1.29, 1.82) is 0 Å². The first-order valence-corrected chi connectivity index (χ1v) is 6.24. The lowest BCUT2D eigenvalue weighted by molar-refractivity contribution is 0.234. The number of halogens is 1. The molecule has 0 saturated carbocycles. The number of hydrogen-bond acceptors (Lipinski definition) is 1. The Labute approximate surface area is 104 Å². The second-order valence-electron chi connectivity index (χ2n) is 5.90. The summed E-state index contributed by atoms with van der Waals surface area (Å²) in [5, 5.41) is 3.25. The molecule has 1 aromatic carbocycles. The van der Waals surface area contributed by atoms with Crippen LogP contribution in [0.5, 0.6) is 0 Å². The van der Waals surface area contributed by atoms with Crippen LogP contribution in [0.1, 0.15) is 31.9 Å². The normalized spacial score (nSPS) is 13.8. The average molecular weight is 237 g/mol. The van der Waals surface area contributed by atoms with Gasteiger partial charge in [0.1, 0.15) is 5.82 Å². The lowest BCUT2D eigenvalue weighted by Crippen LogP contribution is -2.32. The van der Waals surface area contributed by atoms with Crippen LogP contribution < -0.4 is 5.32 Å².